The molecule has 4 heteroatoms. The number of unbranched alkanes of at least 4 members (excludes halogenated alkanes) is 6. The summed E-state index contributed by atoms with van der Waals surface area (Å²) in [5.41, 5.74) is 1.13. The van der Waals surface area contributed by atoms with Crippen LogP contribution in [-0.2, 0) is 0 Å². The molecular weight excluding hydrogens is 415 g/mol. The largest absolute Gasteiger partial charge is 0.495 e. The second-order valence-electron chi connectivity index (χ2n) is 5.39. The van der Waals surface area contributed by atoms with Crippen molar-refractivity contribution < 1.29 is 4.74 Å². The maximum atomic E-state index is 6.15. The molecule has 0 radical (unpaired) electrons. The Labute approximate surface area is 151 Å². The summed E-state index contributed by atoms with van der Waals surface area (Å²) in [6.45, 7) is 2.26. The van der Waals surface area contributed by atoms with E-state index in [0.29, 0.717) is 0 Å². The number of hydrogen-bond donors (Lipinski definition) is 0. The number of alkyl halides is 1. The molecule has 0 aromatic heterocycles. The van der Waals surface area contributed by atoms with E-state index in [4.69, 9.17) is 16.3 Å². The molecule has 0 fully saturated rings. The fraction of sp³-hybridized carbons (Fsp3) is 0.647. The number of benzene rings is 1. The van der Waals surface area contributed by atoms with Gasteiger partial charge < -0.3 is 4.74 Å². The van der Waals surface area contributed by atoms with Gasteiger partial charge in [-0.25, -0.2) is 0 Å². The smallest absolute Gasteiger partial charge is 0.137 e. The minimum atomic E-state index is 0.290. The van der Waals surface area contributed by atoms with Gasteiger partial charge in [0.15, 0.2) is 0 Å². The molecule has 1 aromatic carbocycles. The van der Waals surface area contributed by atoms with E-state index in [1.54, 1.807) is 7.11 Å². The van der Waals surface area contributed by atoms with Gasteiger partial charge >= 0.3 is 0 Å². The zero-order valence-corrected chi connectivity index (χ0v) is 16.9. The molecule has 1 nitrogen and oxygen atoms in total. The molecule has 1 atom stereocenters. The first-order valence-electron chi connectivity index (χ1n) is 7.77. The molecule has 0 saturated carbocycles. The Bertz CT molecular complexity index is 423. The van der Waals surface area contributed by atoms with Crippen LogP contribution in [0.25, 0.3) is 0 Å². The van der Waals surface area contributed by atoms with Crippen LogP contribution in [0, 0.1) is 0 Å². The van der Waals surface area contributed by atoms with E-state index >= 15 is 0 Å². The zero-order chi connectivity index (χ0) is 15.7. The van der Waals surface area contributed by atoms with Crippen molar-refractivity contribution in [3.63, 3.8) is 0 Å². The third-order valence-electron chi connectivity index (χ3n) is 3.64. The highest BCUT2D eigenvalue weighted by atomic mass is 79.9. The molecule has 0 bridgehead atoms. The second kappa shape index (κ2) is 10.9. The van der Waals surface area contributed by atoms with Gasteiger partial charge in [0.1, 0.15) is 5.75 Å². The Morgan fingerprint density at radius 3 is 2.33 bits per heavy atom. The highest BCUT2D eigenvalue weighted by Crippen LogP contribution is 2.41. The Balaban J connectivity index is 2.43. The summed E-state index contributed by atoms with van der Waals surface area (Å²) in [5, 5.41) is 0.738. The normalized spacial score (nSPS) is 12.4. The summed E-state index contributed by atoms with van der Waals surface area (Å²) < 4.78 is 6.40. The summed E-state index contributed by atoms with van der Waals surface area (Å²) in [6, 6.07) is 3.86. The van der Waals surface area contributed by atoms with Crippen molar-refractivity contribution in [1.82, 2.24) is 0 Å². The fourth-order valence-electron chi connectivity index (χ4n) is 2.46. The highest BCUT2D eigenvalue weighted by Gasteiger charge is 2.16. The van der Waals surface area contributed by atoms with Crippen LogP contribution >= 0.6 is 43.5 Å². The number of halogens is 3. The van der Waals surface area contributed by atoms with E-state index in [9.17, 15) is 0 Å². The molecular formula is C17H25Br2ClO. The molecule has 0 aliphatic heterocycles. The van der Waals surface area contributed by atoms with E-state index < -0.39 is 0 Å². The third-order valence-corrected chi connectivity index (χ3v) is 5.40. The summed E-state index contributed by atoms with van der Waals surface area (Å²) in [7, 11) is 1.70. The lowest BCUT2D eigenvalue weighted by atomic mass is 10.0. The maximum absolute atomic E-state index is 6.15. The number of hydrogen-bond acceptors (Lipinski definition) is 1. The van der Waals surface area contributed by atoms with Gasteiger partial charge in [-0.15, -0.1) is 0 Å². The first kappa shape index (κ1) is 19.3. The van der Waals surface area contributed by atoms with Crippen molar-refractivity contribution in [1.29, 1.82) is 0 Å². The average Bonchev–Trinajstić information content (AvgIpc) is 2.45. The molecule has 0 saturated heterocycles. The molecule has 1 unspecified atom stereocenters. The molecule has 1 rings (SSSR count). The third kappa shape index (κ3) is 6.92. The fourth-order valence-corrected chi connectivity index (χ4v) is 4.12. The monoisotopic (exact) mass is 438 g/mol. The number of methoxy groups -OCH3 is 1. The van der Waals surface area contributed by atoms with Gasteiger partial charge in [0.2, 0.25) is 0 Å². The van der Waals surface area contributed by atoms with E-state index in [1.807, 2.05) is 12.1 Å². The zero-order valence-electron chi connectivity index (χ0n) is 12.9. The van der Waals surface area contributed by atoms with Crippen molar-refractivity contribution in [2.75, 3.05) is 7.11 Å². The topological polar surface area (TPSA) is 9.23 Å². The maximum Gasteiger partial charge on any atom is 0.137 e. The molecule has 0 aliphatic carbocycles. The lowest BCUT2D eigenvalue weighted by molar-refractivity contribution is 0.406. The van der Waals surface area contributed by atoms with E-state index in [-0.39, 0.29) is 4.83 Å². The van der Waals surface area contributed by atoms with Gasteiger partial charge in [-0.05, 0) is 34.5 Å². The molecule has 0 N–H and O–H groups in total. The average molecular weight is 441 g/mol. The van der Waals surface area contributed by atoms with Crippen LogP contribution in [0.1, 0.15) is 68.7 Å². The van der Waals surface area contributed by atoms with Crippen molar-refractivity contribution in [2.24, 2.45) is 0 Å². The van der Waals surface area contributed by atoms with E-state index in [2.05, 4.69) is 38.8 Å². The molecule has 0 spiro atoms. The Kier molecular flexibility index (Phi) is 10.0. The van der Waals surface area contributed by atoms with Crippen molar-refractivity contribution in [3.05, 3.63) is 27.2 Å². The lowest BCUT2D eigenvalue weighted by Crippen LogP contribution is -1.97. The molecule has 21 heavy (non-hydrogen) atoms. The molecule has 120 valence electrons. The van der Waals surface area contributed by atoms with Crippen molar-refractivity contribution in [2.45, 2.75) is 63.1 Å². The first-order valence-corrected chi connectivity index (χ1v) is 9.85. The van der Waals surface area contributed by atoms with Crippen LogP contribution in [0.3, 0.4) is 0 Å². The number of rotatable bonds is 10. The summed E-state index contributed by atoms with van der Waals surface area (Å²) in [6.07, 6.45) is 10.4. The minimum Gasteiger partial charge on any atom is -0.495 e. The Morgan fingerprint density at radius 2 is 1.71 bits per heavy atom. The SMILES string of the molecule is CCCCCCCCCC(Br)c1cc(Cl)cc(Br)c1OC. The van der Waals surface area contributed by atoms with Crippen molar-refractivity contribution in [3.8, 4) is 5.75 Å². The summed E-state index contributed by atoms with van der Waals surface area (Å²) >= 11 is 13.4. The standard InChI is InChI=1S/C17H25Br2ClO/c1-3-4-5-6-7-8-9-10-15(18)14-11-13(20)12-16(19)17(14)21-2/h11-12,15H,3-10H2,1-2H3. The Hall–Kier alpha value is 0.270. The quantitative estimate of drug-likeness (QED) is 0.268. The van der Waals surface area contributed by atoms with E-state index in [0.717, 1.165) is 27.2 Å². The Morgan fingerprint density at radius 1 is 1.10 bits per heavy atom. The van der Waals surface area contributed by atoms with Crippen LogP contribution in [0.4, 0.5) is 0 Å². The molecule has 1 aromatic rings. The lowest BCUT2D eigenvalue weighted by Gasteiger charge is -2.16. The van der Waals surface area contributed by atoms with Crippen molar-refractivity contribution >= 4 is 43.5 Å². The highest BCUT2D eigenvalue weighted by molar-refractivity contribution is 9.10. The predicted octanol–water partition coefficient (Wildman–Crippen LogP) is 7.69. The van der Waals surface area contributed by atoms with Crippen LogP contribution in [-0.4, -0.2) is 7.11 Å². The minimum absolute atomic E-state index is 0.290. The van der Waals surface area contributed by atoms with Gasteiger partial charge in [-0.2, -0.15) is 0 Å². The summed E-state index contributed by atoms with van der Waals surface area (Å²) in [5.74, 6) is 0.879. The van der Waals surface area contributed by atoms with Gasteiger partial charge in [0.05, 0.1) is 11.6 Å². The van der Waals surface area contributed by atoms with Crippen LogP contribution in [0.2, 0.25) is 5.02 Å². The van der Waals surface area contributed by atoms with Gasteiger partial charge in [0.25, 0.3) is 0 Å². The summed E-state index contributed by atoms with van der Waals surface area (Å²) in [4.78, 5) is 0.290. The van der Waals surface area contributed by atoms with Crippen LogP contribution in [0.15, 0.2) is 16.6 Å². The van der Waals surface area contributed by atoms with Crippen LogP contribution < -0.4 is 4.74 Å². The molecule has 0 heterocycles. The first-order chi connectivity index (χ1) is 10.1. The van der Waals surface area contributed by atoms with Gasteiger partial charge in [-0.3, -0.25) is 0 Å². The van der Waals surface area contributed by atoms with Gasteiger partial charge in [-0.1, -0.05) is 79.4 Å². The van der Waals surface area contributed by atoms with Crippen LogP contribution in [0.5, 0.6) is 5.75 Å². The van der Waals surface area contributed by atoms with E-state index in [1.165, 1.54) is 44.9 Å². The predicted molar refractivity (Wildman–Crippen MR) is 100.0 cm³/mol. The second-order valence-corrected chi connectivity index (χ2v) is 7.78. The van der Waals surface area contributed by atoms with Gasteiger partial charge in [0, 0.05) is 15.4 Å². The molecule has 0 amide bonds. The molecule has 0 aliphatic rings. The number of ether oxygens (including phenoxy) is 1.